The van der Waals surface area contributed by atoms with Gasteiger partial charge in [-0.15, -0.1) is 0 Å². The van der Waals surface area contributed by atoms with Crippen LogP contribution in [0.25, 0.3) is 0 Å². The Hall–Kier alpha value is -0.850. The van der Waals surface area contributed by atoms with Crippen molar-refractivity contribution in [2.75, 3.05) is 0 Å². The summed E-state index contributed by atoms with van der Waals surface area (Å²) in [6, 6.07) is 6.84. The predicted molar refractivity (Wildman–Crippen MR) is 49.7 cm³/mol. The quantitative estimate of drug-likeness (QED) is 0.630. The molecule has 1 rings (SSSR count). The normalized spacial score (nSPS) is 11.7. The van der Waals surface area contributed by atoms with Crippen molar-refractivity contribution < 1.29 is 4.39 Å². The van der Waals surface area contributed by atoms with E-state index in [1.807, 2.05) is 6.07 Å². The summed E-state index contributed by atoms with van der Waals surface area (Å²) < 4.78 is 12.8. The molecule has 1 heteroatoms. The summed E-state index contributed by atoms with van der Waals surface area (Å²) in [4.78, 5) is 0. The van der Waals surface area contributed by atoms with Crippen molar-refractivity contribution in [1.82, 2.24) is 0 Å². The van der Waals surface area contributed by atoms with Crippen LogP contribution in [0, 0.1) is 5.82 Å². The van der Waals surface area contributed by atoms with Crippen LogP contribution in [0.15, 0.2) is 24.3 Å². The van der Waals surface area contributed by atoms with Crippen LogP contribution in [0.1, 0.15) is 32.8 Å². The summed E-state index contributed by atoms with van der Waals surface area (Å²) in [6.07, 6.45) is 1.02. The average Bonchev–Trinajstić information content (AvgIpc) is 2.05. The maximum atomic E-state index is 12.8. The van der Waals surface area contributed by atoms with Crippen molar-refractivity contribution in [3.05, 3.63) is 35.6 Å². The highest BCUT2D eigenvalue weighted by molar-refractivity contribution is 5.23. The Morgan fingerprint density at radius 3 is 2.50 bits per heavy atom. The van der Waals surface area contributed by atoms with Gasteiger partial charge < -0.3 is 0 Å². The van der Waals surface area contributed by atoms with Crippen molar-refractivity contribution >= 4 is 0 Å². The van der Waals surface area contributed by atoms with Crippen molar-refractivity contribution in [2.24, 2.45) is 0 Å². The van der Waals surface area contributed by atoms with Gasteiger partial charge >= 0.3 is 0 Å². The van der Waals surface area contributed by atoms with Crippen LogP contribution in [-0.4, -0.2) is 0 Å². The zero-order chi connectivity index (χ0) is 9.19. The highest BCUT2D eigenvalue weighted by Gasteiger charge is 2.17. The van der Waals surface area contributed by atoms with E-state index in [9.17, 15) is 4.39 Å². The van der Waals surface area contributed by atoms with Gasteiger partial charge in [-0.25, -0.2) is 4.39 Å². The molecule has 0 aromatic heterocycles. The monoisotopic (exact) mass is 166 g/mol. The molecule has 0 bridgehead atoms. The number of rotatable bonds is 2. The Kier molecular flexibility index (Phi) is 2.51. The van der Waals surface area contributed by atoms with E-state index in [1.54, 1.807) is 12.1 Å². The Morgan fingerprint density at radius 1 is 1.33 bits per heavy atom. The van der Waals surface area contributed by atoms with Crippen molar-refractivity contribution in [3.8, 4) is 0 Å². The van der Waals surface area contributed by atoms with Gasteiger partial charge in [-0.05, 0) is 29.5 Å². The van der Waals surface area contributed by atoms with Gasteiger partial charge in [-0.3, -0.25) is 0 Å². The molecule has 12 heavy (non-hydrogen) atoms. The van der Waals surface area contributed by atoms with E-state index in [-0.39, 0.29) is 11.2 Å². The van der Waals surface area contributed by atoms with Crippen molar-refractivity contribution in [2.45, 2.75) is 32.6 Å². The first kappa shape index (κ1) is 9.24. The topological polar surface area (TPSA) is 0 Å². The van der Waals surface area contributed by atoms with Crippen LogP contribution < -0.4 is 0 Å². The Labute approximate surface area is 73.4 Å². The van der Waals surface area contributed by atoms with Gasteiger partial charge in [-0.1, -0.05) is 32.9 Å². The summed E-state index contributed by atoms with van der Waals surface area (Å²) in [5, 5.41) is 0. The second-order valence-corrected chi connectivity index (χ2v) is 3.75. The molecule has 1 aromatic rings. The van der Waals surface area contributed by atoms with E-state index in [0.717, 1.165) is 12.0 Å². The zero-order valence-electron chi connectivity index (χ0n) is 7.89. The third-order valence-corrected chi connectivity index (χ3v) is 2.49. The van der Waals surface area contributed by atoms with Crippen molar-refractivity contribution in [3.63, 3.8) is 0 Å². The molecule has 0 atom stereocenters. The Morgan fingerprint density at radius 2 is 2.00 bits per heavy atom. The molecule has 0 saturated carbocycles. The predicted octanol–water partition coefficient (Wildman–Crippen LogP) is 3.51. The molecular weight excluding hydrogens is 151 g/mol. The number of halogens is 1. The minimum Gasteiger partial charge on any atom is -0.207 e. The lowest BCUT2D eigenvalue weighted by Gasteiger charge is -2.22. The fraction of sp³-hybridized carbons (Fsp3) is 0.455. The fourth-order valence-electron chi connectivity index (χ4n) is 1.11. The summed E-state index contributed by atoms with van der Waals surface area (Å²) in [5.74, 6) is -0.144. The van der Waals surface area contributed by atoms with Crippen LogP contribution in [0.5, 0.6) is 0 Å². The van der Waals surface area contributed by atoms with E-state index in [1.165, 1.54) is 6.07 Å². The van der Waals surface area contributed by atoms with Crippen molar-refractivity contribution in [1.29, 1.82) is 0 Å². The largest absolute Gasteiger partial charge is 0.207 e. The molecule has 1 aromatic carbocycles. The molecule has 0 heterocycles. The molecule has 0 unspecified atom stereocenters. The van der Waals surface area contributed by atoms with Gasteiger partial charge in [0, 0.05) is 0 Å². The third-order valence-electron chi connectivity index (χ3n) is 2.49. The van der Waals surface area contributed by atoms with E-state index >= 15 is 0 Å². The van der Waals surface area contributed by atoms with Gasteiger partial charge in [0.25, 0.3) is 0 Å². The van der Waals surface area contributed by atoms with Crippen LogP contribution in [0.4, 0.5) is 4.39 Å². The second-order valence-electron chi connectivity index (χ2n) is 3.75. The van der Waals surface area contributed by atoms with E-state index in [4.69, 9.17) is 0 Å². The lowest BCUT2D eigenvalue weighted by atomic mass is 9.82. The first-order chi connectivity index (χ1) is 5.56. The molecule has 0 spiro atoms. The highest BCUT2D eigenvalue weighted by atomic mass is 19.1. The molecule has 0 amide bonds. The minimum absolute atomic E-state index is 0.0854. The smallest absolute Gasteiger partial charge is 0.123 e. The van der Waals surface area contributed by atoms with Gasteiger partial charge in [0.15, 0.2) is 0 Å². The number of hydrogen-bond acceptors (Lipinski definition) is 0. The second kappa shape index (κ2) is 3.26. The summed E-state index contributed by atoms with van der Waals surface area (Å²) >= 11 is 0. The standard InChI is InChI=1S/C11H15F/c1-4-11(2,3)9-6-5-7-10(12)8-9/h5-8H,4H2,1-3H3. The molecule has 0 aliphatic rings. The maximum absolute atomic E-state index is 12.8. The highest BCUT2D eigenvalue weighted by Crippen LogP contribution is 2.26. The van der Waals surface area contributed by atoms with Crippen LogP contribution in [-0.2, 0) is 5.41 Å². The molecule has 0 radical (unpaired) electrons. The summed E-state index contributed by atoms with van der Waals surface area (Å²) in [6.45, 7) is 6.37. The van der Waals surface area contributed by atoms with Crippen LogP contribution in [0.2, 0.25) is 0 Å². The van der Waals surface area contributed by atoms with E-state index in [2.05, 4.69) is 20.8 Å². The van der Waals surface area contributed by atoms with E-state index in [0.29, 0.717) is 0 Å². The van der Waals surface area contributed by atoms with Gasteiger partial charge in [0.05, 0.1) is 0 Å². The molecule has 0 nitrogen and oxygen atoms in total. The molecule has 0 aliphatic carbocycles. The summed E-state index contributed by atoms with van der Waals surface area (Å²) in [7, 11) is 0. The molecule has 0 aliphatic heterocycles. The average molecular weight is 166 g/mol. The fourth-order valence-corrected chi connectivity index (χ4v) is 1.11. The van der Waals surface area contributed by atoms with E-state index < -0.39 is 0 Å². The molecular formula is C11H15F. The minimum atomic E-state index is -0.144. The van der Waals surface area contributed by atoms with Gasteiger partial charge in [-0.2, -0.15) is 0 Å². The third kappa shape index (κ3) is 1.84. The molecule has 66 valence electrons. The first-order valence-electron chi connectivity index (χ1n) is 4.32. The Bertz CT molecular complexity index is 263. The lowest BCUT2D eigenvalue weighted by molar-refractivity contribution is 0.500. The van der Waals surface area contributed by atoms with Crippen LogP contribution in [0.3, 0.4) is 0 Å². The number of hydrogen-bond donors (Lipinski definition) is 0. The molecule has 0 N–H and O–H groups in total. The summed E-state index contributed by atoms with van der Waals surface area (Å²) in [5.41, 5.74) is 1.16. The number of benzene rings is 1. The zero-order valence-corrected chi connectivity index (χ0v) is 7.89. The van der Waals surface area contributed by atoms with Gasteiger partial charge in [0.2, 0.25) is 0 Å². The molecule has 0 fully saturated rings. The molecule has 0 saturated heterocycles. The first-order valence-corrected chi connectivity index (χ1v) is 4.32. The maximum Gasteiger partial charge on any atom is 0.123 e. The van der Waals surface area contributed by atoms with Gasteiger partial charge in [0.1, 0.15) is 5.82 Å². The van der Waals surface area contributed by atoms with Crippen LogP contribution >= 0.6 is 0 Å². The lowest BCUT2D eigenvalue weighted by Crippen LogP contribution is -2.15. The Balaban J connectivity index is 3.03. The SMILES string of the molecule is CCC(C)(C)c1cccc(F)c1.